The highest BCUT2D eigenvalue weighted by Gasteiger charge is 2.26. The summed E-state index contributed by atoms with van der Waals surface area (Å²) in [6.07, 6.45) is 2.72. The second kappa shape index (κ2) is 6.01. The number of nitrogens with zero attached hydrogens (tertiary/aromatic N) is 3. The van der Waals surface area contributed by atoms with Crippen molar-refractivity contribution < 1.29 is 5.11 Å². The zero-order chi connectivity index (χ0) is 17.6. The van der Waals surface area contributed by atoms with Crippen molar-refractivity contribution >= 4 is 16.7 Å². The first kappa shape index (κ1) is 15.8. The lowest BCUT2D eigenvalue weighted by Gasteiger charge is -2.15. The van der Waals surface area contributed by atoms with Crippen LogP contribution in [0.4, 0.5) is 5.82 Å². The Labute approximate surface area is 147 Å². The number of phenolic OH excluding ortho intramolecular Hbond substituents is 1. The summed E-state index contributed by atoms with van der Waals surface area (Å²) >= 11 is 0. The third kappa shape index (κ3) is 2.70. The fraction of sp³-hybridized carbons (Fsp3) is 0.300. The number of likely N-dealkylation sites (N-methyl/N-ethyl adjacent to an activating group) is 1. The van der Waals surface area contributed by atoms with Crippen LogP contribution in [0.1, 0.15) is 16.8 Å². The standard InChI is InChI=1S/C20H22N4O/c1-12-16-11-17-19(14(16)6-7-21-12)15-5-4-13(25)10-18(15)23-20(17)22-8-9-24(2)3/h4-7,10,25H,8-9,11H2,1-3H3,(H,22,23). The minimum absolute atomic E-state index is 0.239. The van der Waals surface area contributed by atoms with Gasteiger partial charge >= 0.3 is 0 Å². The van der Waals surface area contributed by atoms with Crippen molar-refractivity contribution in [2.45, 2.75) is 13.3 Å². The van der Waals surface area contributed by atoms with Crippen molar-refractivity contribution in [1.82, 2.24) is 14.9 Å². The average Bonchev–Trinajstić information content (AvgIpc) is 2.96. The van der Waals surface area contributed by atoms with Crippen LogP contribution in [-0.2, 0) is 6.42 Å². The predicted molar refractivity (Wildman–Crippen MR) is 101 cm³/mol. The number of rotatable bonds is 4. The summed E-state index contributed by atoms with van der Waals surface area (Å²) in [6.45, 7) is 3.82. The van der Waals surface area contributed by atoms with Crippen LogP contribution >= 0.6 is 0 Å². The summed E-state index contributed by atoms with van der Waals surface area (Å²) in [7, 11) is 4.12. The number of nitrogens with one attached hydrogen (secondary N) is 1. The smallest absolute Gasteiger partial charge is 0.130 e. The molecule has 0 radical (unpaired) electrons. The summed E-state index contributed by atoms with van der Waals surface area (Å²) in [5.41, 5.74) is 6.83. The van der Waals surface area contributed by atoms with Gasteiger partial charge in [0.1, 0.15) is 11.6 Å². The highest BCUT2D eigenvalue weighted by Crippen LogP contribution is 2.44. The number of benzene rings is 1. The first-order valence-corrected chi connectivity index (χ1v) is 8.53. The summed E-state index contributed by atoms with van der Waals surface area (Å²) in [5, 5.41) is 14.4. The molecule has 1 aliphatic carbocycles. The van der Waals surface area contributed by atoms with Gasteiger partial charge in [-0.2, -0.15) is 0 Å². The molecule has 0 unspecified atom stereocenters. The van der Waals surface area contributed by atoms with E-state index < -0.39 is 0 Å². The number of hydrogen-bond acceptors (Lipinski definition) is 5. The summed E-state index contributed by atoms with van der Waals surface area (Å²) in [5.74, 6) is 1.15. The molecule has 2 N–H and O–H groups in total. The molecule has 0 atom stereocenters. The second-order valence-electron chi connectivity index (χ2n) is 6.84. The van der Waals surface area contributed by atoms with Gasteiger partial charge in [-0.25, -0.2) is 4.98 Å². The zero-order valence-corrected chi connectivity index (χ0v) is 14.8. The molecule has 1 aliphatic rings. The molecule has 0 fully saturated rings. The van der Waals surface area contributed by atoms with Gasteiger partial charge in [0.15, 0.2) is 0 Å². The number of hydrogen-bond donors (Lipinski definition) is 2. The summed E-state index contributed by atoms with van der Waals surface area (Å²) in [6, 6.07) is 7.52. The number of anilines is 1. The second-order valence-corrected chi connectivity index (χ2v) is 6.84. The van der Waals surface area contributed by atoms with Gasteiger partial charge in [0.25, 0.3) is 0 Å². The lowest BCUT2D eigenvalue weighted by molar-refractivity contribution is 0.425. The molecular weight excluding hydrogens is 312 g/mol. The summed E-state index contributed by atoms with van der Waals surface area (Å²) < 4.78 is 0. The number of aryl methyl sites for hydroxylation is 1. The molecule has 0 aliphatic heterocycles. The first-order valence-electron chi connectivity index (χ1n) is 8.53. The molecule has 0 bridgehead atoms. The molecule has 0 amide bonds. The van der Waals surface area contributed by atoms with E-state index >= 15 is 0 Å². The number of pyridine rings is 2. The Morgan fingerprint density at radius 2 is 2.04 bits per heavy atom. The van der Waals surface area contributed by atoms with Crippen molar-refractivity contribution in [3.63, 3.8) is 0 Å². The number of aromatic hydroxyl groups is 1. The molecule has 2 heterocycles. The molecule has 1 aromatic carbocycles. The van der Waals surface area contributed by atoms with Crippen molar-refractivity contribution in [3.8, 4) is 16.9 Å². The Morgan fingerprint density at radius 3 is 2.84 bits per heavy atom. The molecule has 128 valence electrons. The molecule has 0 saturated carbocycles. The Morgan fingerprint density at radius 1 is 1.20 bits per heavy atom. The van der Waals surface area contributed by atoms with Crippen LogP contribution in [0.15, 0.2) is 30.5 Å². The molecule has 2 aromatic heterocycles. The maximum Gasteiger partial charge on any atom is 0.130 e. The van der Waals surface area contributed by atoms with Gasteiger partial charge in [0, 0.05) is 48.4 Å². The van der Waals surface area contributed by atoms with Gasteiger partial charge in [-0.15, -0.1) is 0 Å². The Bertz CT molecular complexity index is 966. The van der Waals surface area contributed by atoms with E-state index in [-0.39, 0.29) is 5.75 Å². The Hall–Kier alpha value is -2.66. The van der Waals surface area contributed by atoms with E-state index in [4.69, 9.17) is 4.98 Å². The van der Waals surface area contributed by atoms with Crippen molar-refractivity contribution in [3.05, 3.63) is 47.3 Å². The van der Waals surface area contributed by atoms with Crippen molar-refractivity contribution in [1.29, 1.82) is 0 Å². The van der Waals surface area contributed by atoms with Gasteiger partial charge in [0.05, 0.1) is 5.52 Å². The van der Waals surface area contributed by atoms with E-state index in [1.54, 1.807) is 12.1 Å². The van der Waals surface area contributed by atoms with Gasteiger partial charge in [0.2, 0.25) is 0 Å². The van der Waals surface area contributed by atoms with Gasteiger partial charge in [-0.3, -0.25) is 4.98 Å². The molecule has 3 aromatic rings. The largest absolute Gasteiger partial charge is 0.508 e. The maximum atomic E-state index is 9.88. The van der Waals surface area contributed by atoms with Crippen LogP contribution in [0.2, 0.25) is 0 Å². The molecular formula is C20H22N4O. The maximum absolute atomic E-state index is 9.88. The van der Waals surface area contributed by atoms with Crippen molar-refractivity contribution in [2.24, 2.45) is 0 Å². The van der Waals surface area contributed by atoms with Gasteiger partial charge < -0.3 is 15.3 Å². The summed E-state index contributed by atoms with van der Waals surface area (Å²) in [4.78, 5) is 11.4. The third-order valence-electron chi connectivity index (χ3n) is 4.82. The molecule has 4 rings (SSSR count). The number of fused-ring (bicyclic) bond motifs is 5. The Kier molecular flexibility index (Phi) is 3.81. The third-order valence-corrected chi connectivity index (χ3v) is 4.82. The quantitative estimate of drug-likeness (QED) is 0.600. The fourth-order valence-corrected chi connectivity index (χ4v) is 3.55. The highest BCUT2D eigenvalue weighted by molar-refractivity contribution is 6.02. The van der Waals surface area contributed by atoms with Crippen LogP contribution in [0.25, 0.3) is 22.0 Å². The fourth-order valence-electron chi connectivity index (χ4n) is 3.55. The lowest BCUT2D eigenvalue weighted by Crippen LogP contribution is -2.21. The van der Waals surface area contributed by atoms with Crippen LogP contribution in [-0.4, -0.2) is 47.2 Å². The first-order chi connectivity index (χ1) is 12.0. The van der Waals surface area contributed by atoms with Gasteiger partial charge in [-0.1, -0.05) is 0 Å². The normalized spacial score (nSPS) is 12.5. The van der Waals surface area contributed by atoms with Crippen LogP contribution in [0.3, 0.4) is 0 Å². The topological polar surface area (TPSA) is 61.3 Å². The molecule has 5 nitrogen and oxygen atoms in total. The molecule has 25 heavy (non-hydrogen) atoms. The van der Waals surface area contributed by atoms with E-state index in [0.717, 1.165) is 41.9 Å². The van der Waals surface area contributed by atoms with E-state index in [0.29, 0.717) is 0 Å². The van der Waals surface area contributed by atoms with Gasteiger partial charge in [-0.05, 0) is 55.9 Å². The van der Waals surface area contributed by atoms with E-state index in [2.05, 4.69) is 42.3 Å². The SMILES string of the molecule is Cc1nccc2c1Cc1c(NCCN(C)C)nc3cc(O)ccc3c1-2. The van der Waals surface area contributed by atoms with Crippen LogP contribution < -0.4 is 5.32 Å². The average molecular weight is 334 g/mol. The Balaban J connectivity index is 1.90. The van der Waals surface area contributed by atoms with Crippen LogP contribution in [0.5, 0.6) is 5.75 Å². The monoisotopic (exact) mass is 334 g/mol. The molecule has 0 spiro atoms. The molecule has 5 heteroatoms. The predicted octanol–water partition coefficient (Wildman–Crippen LogP) is 3.19. The van der Waals surface area contributed by atoms with E-state index in [1.807, 2.05) is 12.3 Å². The lowest BCUT2D eigenvalue weighted by atomic mass is 10.0. The van der Waals surface area contributed by atoms with E-state index in [9.17, 15) is 5.11 Å². The van der Waals surface area contributed by atoms with Crippen LogP contribution in [0, 0.1) is 6.92 Å². The highest BCUT2D eigenvalue weighted by atomic mass is 16.3. The van der Waals surface area contributed by atoms with Crippen molar-refractivity contribution in [2.75, 3.05) is 32.5 Å². The molecule has 0 saturated heterocycles. The minimum Gasteiger partial charge on any atom is -0.508 e. The number of aromatic nitrogens is 2. The zero-order valence-electron chi connectivity index (χ0n) is 14.8. The van der Waals surface area contributed by atoms with E-state index in [1.165, 1.54) is 22.3 Å². The number of phenols is 1. The minimum atomic E-state index is 0.239.